The van der Waals surface area contributed by atoms with Gasteiger partial charge in [0, 0.05) is 10.0 Å². The van der Waals surface area contributed by atoms with E-state index in [-0.39, 0.29) is 17.9 Å². The molecule has 26 heavy (non-hydrogen) atoms. The molecule has 0 aromatic heterocycles. The number of halogens is 1. The van der Waals surface area contributed by atoms with Gasteiger partial charge in [0.15, 0.2) is 6.61 Å². The Morgan fingerprint density at radius 3 is 2.58 bits per heavy atom. The molecule has 0 atom stereocenters. The van der Waals surface area contributed by atoms with Crippen molar-refractivity contribution < 1.29 is 14.3 Å². The van der Waals surface area contributed by atoms with Crippen molar-refractivity contribution in [1.29, 1.82) is 0 Å². The van der Waals surface area contributed by atoms with Crippen molar-refractivity contribution in [3.8, 4) is 11.5 Å². The van der Waals surface area contributed by atoms with Crippen molar-refractivity contribution in [2.24, 2.45) is 0 Å². The lowest BCUT2D eigenvalue weighted by molar-refractivity contribution is -0.118. The average Bonchev–Trinajstić information content (AvgIpc) is 2.59. The molecule has 0 spiro atoms. The molecule has 2 aromatic carbocycles. The molecule has 1 N–H and O–H groups in total. The van der Waals surface area contributed by atoms with Crippen LogP contribution in [0.25, 0.3) is 0 Å². The van der Waals surface area contributed by atoms with Crippen molar-refractivity contribution >= 4 is 27.5 Å². The lowest BCUT2D eigenvalue weighted by Gasteiger charge is -2.23. The van der Waals surface area contributed by atoms with E-state index in [0.29, 0.717) is 23.8 Å². The van der Waals surface area contributed by atoms with E-state index in [4.69, 9.17) is 9.47 Å². The van der Waals surface area contributed by atoms with Gasteiger partial charge < -0.3 is 14.8 Å². The third-order valence-electron chi connectivity index (χ3n) is 3.63. The number of amides is 1. The van der Waals surface area contributed by atoms with E-state index < -0.39 is 0 Å². The van der Waals surface area contributed by atoms with Crippen LogP contribution in [0.1, 0.15) is 26.3 Å². The maximum absolute atomic E-state index is 12.3. The maximum Gasteiger partial charge on any atom is 0.262 e. The van der Waals surface area contributed by atoms with Crippen molar-refractivity contribution in [2.45, 2.75) is 26.2 Å². The first-order chi connectivity index (χ1) is 12.3. The predicted octanol–water partition coefficient (Wildman–Crippen LogP) is 5.33. The van der Waals surface area contributed by atoms with Crippen LogP contribution in [0.15, 0.2) is 59.6 Å². The highest BCUT2D eigenvalue weighted by Gasteiger charge is 2.20. The Bertz CT molecular complexity index is 781. The van der Waals surface area contributed by atoms with Crippen LogP contribution in [0, 0.1) is 0 Å². The molecule has 0 radical (unpaired) electrons. The lowest BCUT2D eigenvalue weighted by atomic mass is 9.86. The Kier molecular flexibility index (Phi) is 6.86. The molecule has 0 saturated heterocycles. The topological polar surface area (TPSA) is 47.6 Å². The van der Waals surface area contributed by atoms with Crippen LogP contribution in [0.3, 0.4) is 0 Å². The summed E-state index contributed by atoms with van der Waals surface area (Å²) in [5.41, 5.74) is 1.55. The molecular formula is C21H24BrNO3. The largest absolute Gasteiger partial charge is 0.487 e. The molecule has 1 amide bonds. The summed E-state index contributed by atoms with van der Waals surface area (Å²) in [6.45, 7) is 10.2. The lowest BCUT2D eigenvalue weighted by Crippen LogP contribution is -2.22. The summed E-state index contributed by atoms with van der Waals surface area (Å²) in [5.74, 6) is 1.05. The zero-order chi connectivity index (χ0) is 19.2. The van der Waals surface area contributed by atoms with E-state index in [1.165, 1.54) is 0 Å². The summed E-state index contributed by atoms with van der Waals surface area (Å²) in [6, 6.07) is 13.1. The van der Waals surface area contributed by atoms with Crippen LogP contribution >= 0.6 is 15.9 Å². The number of benzene rings is 2. The van der Waals surface area contributed by atoms with E-state index in [1.807, 2.05) is 30.3 Å². The Hall–Kier alpha value is -2.27. The standard InChI is InChI=1S/C21H24BrNO3/c1-5-12-25-19-9-7-6-8-17(19)23-20(24)14-26-18-11-10-15(22)13-16(18)21(2,3)4/h5-11,13H,1,12,14H2,2-4H3,(H,23,24). The van der Waals surface area contributed by atoms with Gasteiger partial charge in [0.2, 0.25) is 0 Å². The normalized spacial score (nSPS) is 10.9. The predicted molar refractivity (Wildman–Crippen MR) is 109 cm³/mol. The second-order valence-electron chi connectivity index (χ2n) is 6.82. The third kappa shape index (κ3) is 5.63. The first-order valence-electron chi connectivity index (χ1n) is 8.36. The number of hydrogen-bond donors (Lipinski definition) is 1. The van der Waals surface area contributed by atoms with Gasteiger partial charge in [0.1, 0.15) is 18.1 Å². The maximum atomic E-state index is 12.3. The van der Waals surface area contributed by atoms with Crippen LogP contribution in [0.2, 0.25) is 0 Å². The molecule has 138 valence electrons. The zero-order valence-electron chi connectivity index (χ0n) is 15.3. The number of hydrogen-bond acceptors (Lipinski definition) is 3. The molecule has 4 nitrogen and oxygen atoms in total. The molecule has 2 rings (SSSR count). The summed E-state index contributed by atoms with van der Waals surface area (Å²) < 4.78 is 12.3. The molecule has 0 aliphatic heterocycles. The summed E-state index contributed by atoms with van der Waals surface area (Å²) in [7, 11) is 0. The van der Waals surface area contributed by atoms with Gasteiger partial charge >= 0.3 is 0 Å². The number of anilines is 1. The van der Waals surface area contributed by atoms with Crippen molar-refractivity contribution in [3.05, 3.63) is 65.2 Å². The monoisotopic (exact) mass is 417 g/mol. The summed E-state index contributed by atoms with van der Waals surface area (Å²) in [5, 5.41) is 2.83. The minimum atomic E-state index is -0.248. The van der Waals surface area contributed by atoms with Gasteiger partial charge in [-0.25, -0.2) is 0 Å². The Morgan fingerprint density at radius 2 is 1.88 bits per heavy atom. The molecular weight excluding hydrogens is 394 g/mol. The van der Waals surface area contributed by atoms with Gasteiger partial charge in [-0.2, -0.15) is 0 Å². The minimum absolute atomic E-state index is 0.0828. The van der Waals surface area contributed by atoms with Crippen LogP contribution < -0.4 is 14.8 Å². The van der Waals surface area contributed by atoms with Gasteiger partial charge in [-0.15, -0.1) is 0 Å². The van der Waals surface area contributed by atoms with Gasteiger partial charge in [0.25, 0.3) is 5.91 Å². The number of ether oxygens (including phenoxy) is 2. The number of para-hydroxylation sites is 2. The van der Waals surface area contributed by atoms with Crippen molar-refractivity contribution in [2.75, 3.05) is 18.5 Å². The van der Waals surface area contributed by atoms with E-state index >= 15 is 0 Å². The molecule has 0 aliphatic rings. The first-order valence-corrected chi connectivity index (χ1v) is 9.16. The first kappa shape index (κ1) is 20.0. The number of carbonyl (C=O) groups is 1. The highest BCUT2D eigenvalue weighted by Crippen LogP contribution is 2.33. The van der Waals surface area contributed by atoms with Gasteiger partial charge in [-0.05, 0) is 35.7 Å². The highest BCUT2D eigenvalue weighted by molar-refractivity contribution is 9.10. The molecule has 0 saturated carbocycles. The van der Waals surface area contributed by atoms with Gasteiger partial charge in [-0.3, -0.25) is 4.79 Å². The van der Waals surface area contributed by atoms with Gasteiger partial charge in [-0.1, -0.05) is 61.5 Å². The molecule has 5 heteroatoms. The number of carbonyl (C=O) groups excluding carboxylic acids is 1. The summed E-state index contributed by atoms with van der Waals surface area (Å²) in [6.07, 6.45) is 1.66. The minimum Gasteiger partial charge on any atom is -0.487 e. The van der Waals surface area contributed by atoms with E-state index in [0.717, 1.165) is 10.0 Å². The summed E-state index contributed by atoms with van der Waals surface area (Å²) in [4.78, 5) is 12.3. The number of rotatable bonds is 7. The molecule has 0 aliphatic carbocycles. The fourth-order valence-electron chi connectivity index (χ4n) is 2.39. The van der Waals surface area contributed by atoms with Crippen molar-refractivity contribution in [1.82, 2.24) is 0 Å². The Morgan fingerprint density at radius 1 is 1.15 bits per heavy atom. The second-order valence-corrected chi connectivity index (χ2v) is 7.74. The van der Waals surface area contributed by atoms with Crippen molar-refractivity contribution in [3.63, 3.8) is 0 Å². The SMILES string of the molecule is C=CCOc1ccccc1NC(=O)COc1ccc(Br)cc1C(C)(C)C. The van der Waals surface area contributed by atoms with E-state index in [2.05, 4.69) is 48.6 Å². The molecule has 0 bridgehead atoms. The summed E-state index contributed by atoms with van der Waals surface area (Å²) >= 11 is 3.49. The smallest absolute Gasteiger partial charge is 0.262 e. The zero-order valence-corrected chi connectivity index (χ0v) is 16.9. The molecule has 0 fully saturated rings. The van der Waals surface area contributed by atoms with E-state index in [9.17, 15) is 4.79 Å². The van der Waals surface area contributed by atoms with Gasteiger partial charge in [0.05, 0.1) is 5.69 Å². The molecule has 0 unspecified atom stereocenters. The van der Waals surface area contributed by atoms with Crippen LogP contribution in [0.4, 0.5) is 5.69 Å². The highest BCUT2D eigenvalue weighted by atomic mass is 79.9. The molecule has 0 heterocycles. The van der Waals surface area contributed by atoms with E-state index in [1.54, 1.807) is 18.2 Å². The quantitative estimate of drug-likeness (QED) is 0.619. The fourth-order valence-corrected chi connectivity index (χ4v) is 2.75. The second kappa shape index (κ2) is 8.90. The number of nitrogens with one attached hydrogen (secondary N) is 1. The fraction of sp³-hybridized carbons (Fsp3) is 0.286. The Labute approximate surface area is 163 Å². The van der Waals surface area contributed by atoms with Crippen LogP contribution in [0.5, 0.6) is 11.5 Å². The third-order valence-corrected chi connectivity index (χ3v) is 4.12. The Balaban J connectivity index is 2.05. The molecule has 2 aromatic rings. The van der Waals surface area contributed by atoms with Crippen LogP contribution in [-0.2, 0) is 10.2 Å². The van der Waals surface area contributed by atoms with Crippen LogP contribution in [-0.4, -0.2) is 19.1 Å². The average molecular weight is 418 g/mol.